The van der Waals surface area contributed by atoms with Gasteiger partial charge in [0.05, 0.1) is 7.11 Å². The summed E-state index contributed by atoms with van der Waals surface area (Å²) in [6, 6.07) is 8.31. The van der Waals surface area contributed by atoms with Crippen LogP contribution >= 0.6 is 11.6 Å². The van der Waals surface area contributed by atoms with Crippen LogP contribution in [0.15, 0.2) is 24.3 Å². The molecule has 0 aliphatic carbocycles. The molecule has 1 fully saturated rings. The van der Waals surface area contributed by atoms with E-state index in [1.807, 2.05) is 12.1 Å². The number of ether oxygens (including phenoxy) is 2. The molecule has 0 N–H and O–H groups in total. The summed E-state index contributed by atoms with van der Waals surface area (Å²) in [7, 11) is 1.71. The first-order chi connectivity index (χ1) is 9.31. The van der Waals surface area contributed by atoms with Gasteiger partial charge in [0.15, 0.2) is 0 Å². The largest absolute Gasteiger partial charge is 0.497 e. The molecule has 1 aliphatic heterocycles. The summed E-state index contributed by atoms with van der Waals surface area (Å²) in [5.74, 6) is 2.99. The average Bonchev–Trinajstić information content (AvgIpc) is 2.48. The fourth-order valence-corrected chi connectivity index (χ4v) is 3.02. The first kappa shape index (κ1) is 14.7. The first-order valence-corrected chi connectivity index (χ1v) is 7.62. The average molecular weight is 283 g/mol. The zero-order valence-electron chi connectivity index (χ0n) is 11.6. The Labute approximate surface area is 121 Å². The predicted molar refractivity (Wildman–Crippen MR) is 79.1 cm³/mol. The standard InChI is InChI=1S/C16H23ClO2/c1-18-16-4-2-3-14(11-16)10-15(12-17)9-13-5-7-19-8-6-13/h2-4,11,13,15H,5-10,12H2,1H3. The van der Waals surface area contributed by atoms with E-state index in [9.17, 15) is 0 Å². The number of hydrogen-bond donors (Lipinski definition) is 0. The van der Waals surface area contributed by atoms with Gasteiger partial charge in [-0.05, 0) is 55.2 Å². The molecule has 0 bridgehead atoms. The lowest BCUT2D eigenvalue weighted by atomic mass is 9.86. The summed E-state index contributed by atoms with van der Waals surface area (Å²) in [6.07, 6.45) is 4.62. The van der Waals surface area contributed by atoms with E-state index in [-0.39, 0.29) is 0 Å². The van der Waals surface area contributed by atoms with Crippen molar-refractivity contribution in [2.24, 2.45) is 11.8 Å². The van der Waals surface area contributed by atoms with Crippen molar-refractivity contribution < 1.29 is 9.47 Å². The van der Waals surface area contributed by atoms with Gasteiger partial charge < -0.3 is 9.47 Å². The summed E-state index contributed by atoms with van der Waals surface area (Å²) in [5.41, 5.74) is 1.32. The first-order valence-electron chi connectivity index (χ1n) is 7.08. The van der Waals surface area contributed by atoms with Gasteiger partial charge in [-0.3, -0.25) is 0 Å². The van der Waals surface area contributed by atoms with Crippen LogP contribution in [0.25, 0.3) is 0 Å². The Hall–Kier alpha value is -0.730. The second kappa shape index (κ2) is 7.76. The molecule has 1 aliphatic rings. The fourth-order valence-electron chi connectivity index (χ4n) is 2.79. The Morgan fingerprint density at radius 1 is 1.37 bits per heavy atom. The number of alkyl halides is 1. The highest BCUT2D eigenvalue weighted by atomic mass is 35.5. The van der Waals surface area contributed by atoms with Crippen LogP contribution in [0.2, 0.25) is 0 Å². The zero-order chi connectivity index (χ0) is 13.5. The van der Waals surface area contributed by atoms with E-state index in [1.165, 1.54) is 24.8 Å². The second-order valence-corrected chi connectivity index (χ2v) is 5.68. The number of hydrogen-bond acceptors (Lipinski definition) is 2. The Bertz CT molecular complexity index is 375. The maximum Gasteiger partial charge on any atom is 0.119 e. The SMILES string of the molecule is COc1cccc(CC(CCl)CC2CCOCC2)c1. The van der Waals surface area contributed by atoms with E-state index in [0.717, 1.165) is 37.2 Å². The predicted octanol–water partition coefficient (Wildman–Crippen LogP) is 3.91. The minimum atomic E-state index is 0.553. The van der Waals surface area contributed by atoms with Crippen molar-refractivity contribution in [3.05, 3.63) is 29.8 Å². The topological polar surface area (TPSA) is 18.5 Å². The minimum absolute atomic E-state index is 0.553. The molecule has 2 nitrogen and oxygen atoms in total. The monoisotopic (exact) mass is 282 g/mol. The third-order valence-corrected chi connectivity index (χ3v) is 4.32. The highest BCUT2D eigenvalue weighted by Crippen LogP contribution is 2.26. The van der Waals surface area contributed by atoms with Crippen LogP contribution in [0.3, 0.4) is 0 Å². The summed E-state index contributed by atoms with van der Waals surface area (Å²) in [6.45, 7) is 1.83. The van der Waals surface area contributed by atoms with Crippen LogP contribution in [0, 0.1) is 11.8 Å². The molecule has 1 aromatic carbocycles. The Morgan fingerprint density at radius 3 is 2.84 bits per heavy atom. The molecular formula is C16H23ClO2. The molecule has 106 valence electrons. The van der Waals surface area contributed by atoms with Crippen molar-refractivity contribution in [1.82, 2.24) is 0 Å². The molecule has 0 saturated carbocycles. The van der Waals surface area contributed by atoms with Gasteiger partial charge in [-0.1, -0.05) is 12.1 Å². The van der Waals surface area contributed by atoms with Gasteiger partial charge in [0, 0.05) is 19.1 Å². The van der Waals surface area contributed by atoms with Gasteiger partial charge in [0.25, 0.3) is 0 Å². The fraction of sp³-hybridized carbons (Fsp3) is 0.625. The number of benzene rings is 1. The number of halogens is 1. The third kappa shape index (κ3) is 4.70. The van der Waals surface area contributed by atoms with Crippen molar-refractivity contribution in [1.29, 1.82) is 0 Å². The van der Waals surface area contributed by atoms with Crippen LogP contribution in [0.4, 0.5) is 0 Å². The lowest BCUT2D eigenvalue weighted by Crippen LogP contribution is -2.20. The maximum atomic E-state index is 6.15. The molecule has 0 aromatic heterocycles. The van der Waals surface area contributed by atoms with E-state index in [2.05, 4.69) is 12.1 Å². The zero-order valence-corrected chi connectivity index (χ0v) is 12.4. The van der Waals surface area contributed by atoms with Gasteiger partial charge in [-0.2, -0.15) is 0 Å². The molecule has 1 aromatic rings. The van der Waals surface area contributed by atoms with Crippen LogP contribution in [0.5, 0.6) is 5.75 Å². The van der Waals surface area contributed by atoms with Crippen molar-refractivity contribution in [2.75, 3.05) is 26.2 Å². The number of rotatable bonds is 6. The molecule has 1 atom stereocenters. The van der Waals surface area contributed by atoms with Crippen LogP contribution < -0.4 is 4.74 Å². The molecule has 3 heteroatoms. The Kier molecular flexibility index (Phi) is 5.99. The van der Waals surface area contributed by atoms with Gasteiger partial charge in [-0.15, -0.1) is 11.6 Å². The highest BCUT2D eigenvalue weighted by molar-refractivity contribution is 6.18. The van der Waals surface area contributed by atoms with E-state index in [1.54, 1.807) is 7.11 Å². The summed E-state index contributed by atoms with van der Waals surface area (Å²) >= 11 is 6.15. The van der Waals surface area contributed by atoms with Crippen LogP contribution in [-0.2, 0) is 11.2 Å². The second-order valence-electron chi connectivity index (χ2n) is 5.37. The molecule has 1 unspecified atom stereocenters. The molecule has 2 rings (SSSR count). The smallest absolute Gasteiger partial charge is 0.119 e. The number of methoxy groups -OCH3 is 1. The molecule has 0 spiro atoms. The van der Waals surface area contributed by atoms with Crippen molar-refractivity contribution >= 4 is 11.6 Å². The van der Waals surface area contributed by atoms with Crippen LogP contribution in [-0.4, -0.2) is 26.2 Å². The van der Waals surface area contributed by atoms with Gasteiger partial charge in [0.2, 0.25) is 0 Å². The molecule has 19 heavy (non-hydrogen) atoms. The Balaban J connectivity index is 1.90. The third-order valence-electron chi connectivity index (χ3n) is 3.88. The van der Waals surface area contributed by atoms with Crippen molar-refractivity contribution in [3.63, 3.8) is 0 Å². The normalized spacial score (nSPS) is 18.2. The Morgan fingerprint density at radius 2 is 2.16 bits per heavy atom. The van der Waals surface area contributed by atoms with Gasteiger partial charge >= 0.3 is 0 Å². The van der Waals surface area contributed by atoms with Gasteiger partial charge in [-0.25, -0.2) is 0 Å². The van der Waals surface area contributed by atoms with Gasteiger partial charge in [0.1, 0.15) is 5.75 Å². The molecule has 0 amide bonds. The lowest BCUT2D eigenvalue weighted by Gasteiger charge is -2.25. The van der Waals surface area contributed by atoms with E-state index < -0.39 is 0 Å². The molecular weight excluding hydrogens is 260 g/mol. The minimum Gasteiger partial charge on any atom is -0.497 e. The molecule has 0 radical (unpaired) electrons. The van der Waals surface area contributed by atoms with E-state index in [0.29, 0.717) is 5.92 Å². The molecule has 1 heterocycles. The quantitative estimate of drug-likeness (QED) is 0.737. The van der Waals surface area contributed by atoms with Crippen molar-refractivity contribution in [2.45, 2.75) is 25.7 Å². The summed E-state index contributed by atoms with van der Waals surface area (Å²) in [4.78, 5) is 0. The van der Waals surface area contributed by atoms with E-state index in [4.69, 9.17) is 21.1 Å². The summed E-state index contributed by atoms with van der Waals surface area (Å²) in [5, 5.41) is 0. The van der Waals surface area contributed by atoms with Crippen molar-refractivity contribution in [3.8, 4) is 5.75 Å². The lowest BCUT2D eigenvalue weighted by molar-refractivity contribution is 0.0595. The highest BCUT2D eigenvalue weighted by Gasteiger charge is 2.19. The summed E-state index contributed by atoms with van der Waals surface area (Å²) < 4.78 is 10.7. The maximum absolute atomic E-state index is 6.15. The van der Waals surface area contributed by atoms with E-state index >= 15 is 0 Å². The molecule has 1 saturated heterocycles. The van der Waals surface area contributed by atoms with Crippen LogP contribution in [0.1, 0.15) is 24.8 Å².